The molecule has 5 aromatic carbocycles. The van der Waals surface area contributed by atoms with E-state index in [9.17, 15) is 5.26 Å². The van der Waals surface area contributed by atoms with Crippen LogP contribution in [0.4, 0.5) is 5.69 Å². The van der Waals surface area contributed by atoms with Crippen LogP contribution in [0.1, 0.15) is 81.7 Å². The summed E-state index contributed by atoms with van der Waals surface area (Å²) in [5.41, 5.74) is 12.8. The first-order chi connectivity index (χ1) is 27.1. The van der Waals surface area contributed by atoms with Crippen molar-refractivity contribution in [3.05, 3.63) is 149 Å². The average Bonchev–Trinajstić information content (AvgIpc) is 3.91. The fraction of sp³-hybridized carbons (Fsp3) is 0.184. The Bertz CT molecular complexity index is 3080. The van der Waals surface area contributed by atoms with Gasteiger partial charge in [0.2, 0.25) is 0 Å². The zero-order valence-electron chi connectivity index (χ0n) is 32.5. The van der Waals surface area contributed by atoms with Crippen LogP contribution in [0.3, 0.4) is 0 Å². The first kappa shape index (κ1) is 37.6. The van der Waals surface area contributed by atoms with Crippen LogP contribution < -0.4 is 0 Å². The van der Waals surface area contributed by atoms with E-state index in [4.69, 9.17) is 21.0 Å². The Morgan fingerprint density at radius 3 is 2.19 bits per heavy atom. The number of para-hydroxylation sites is 1. The molecule has 0 saturated carbocycles. The van der Waals surface area contributed by atoms with Gasteiger partial charge in [-0.2, -0.15) is 11.3 Å². The van der Waals surface area contributed by atoms with Crippen molar-refractivity contribution in [3.8, 4) is 40.1 Å². The monoisotopic (exact) mass is 920 g/mol. The Morgan fingerprint density at radius 2 is 1.47 bits per heavy atom. The van der Waals surface area contributed by atoms with Gasteiger partial charge in [-0.3, -0.25) is 14.4 Å². The largest absolute Gasteiger partial charge is 0.454 e. The second kappa shape index (κ2) is 14.6. The van der Waals surface area contributed by atoms with Crippen molar-refractivity contribution < 1.29 is 24.5 Å². The van der Waals surface area contributed by atoms with E-state index in [0.29, 0.717) is 28.7 Å². The molecule has 8 heteroatoms. The second-order valence-electron chi connectivity index (χ2n) is 15.4. The smallest absolute Gasteiger partial charge is 0.154 e. The maximum absolute atomic E-state index is 9.96. The van der Waals surface area contributed by atoms with Crippen LogP contribution in [0.5, 0.6) is 0 Å². The third-order valence-corrected chi connectivity index (χ3v) is 10.9. The quantitative estimate of drug-likeness (QED) is 0.149. The summed E-state index contributed by atoms with van der Waals surface area (Å²) < 4.78 is 10.7. The molecule has 0 spiro atoms. The van der Waals surface area contributed by atoms with Crippen molar-refractivity contribution in [2.24, 2.45) is 0 Å². The van der Waals surface area contributed by atoms with Crippen molar-refractivity contribution in [3.63, 3.8) is 0 Å². The summed E-state index contributed by atoms with van der Waals surface area (Å²) in [6.45, 7) is 20.8. The molecule has 7 nitrogen and oxygen atoms in total. The summed E-state index contributed by atoms with van der Waals surface area (Å²) >= 11 is 0. The van der Waals surface area contributed by atoms with Gasteiger partial charge in [0, 0.05) is 48.1 Å². The molecule has 4 heterocycles. The molecule has 9 aromatic rings. The first-order valence-corrected chi connectivity index (χ1v) is 19.1. The Labute approximate surface area is 345 Å². The van der Waals surface area contributed by atoms with Gasteiger partial charge in [0.1, 0.15) is 34.4 Å². The SMILES string of the molecule is [C-]#[N+]c1cc[c-]c(-c2nc(C#N)cn2-c2c(C(C)C)cc(-c3ccc4oc5ccc(-n6c7ccccc7c7cc(C(C)C)ccc76)nc5c4c3)cc2C(C)C)c1.[Ir]. The third-order valence-electron chi connectivity index (χ3n) is 10.9. The molecule has 0 N–H and O–H groups in total. The number of rotatable bonds is 7. The van der Waals surface area contributed by atoms with Gasteiger partial charge in [0.25, 0.3) is 0 Å². The van der Waals surface area contributed by atoms with Gasteiger partial charge in [-0.1, -0.05) is 71.9 Å². The number of hydrogen-bond acceptors (Lipinski definition) is 4. The predicted molar refractivity (Wildman–Crippen MR) is 226 cm³/mol. The second-order valence-corrected chi connectivity index (χ2v) is 15.4. The van der Waals surface area contributed by atoms with E-state index in [1.165, 1.54) is 16.3 Å². The zero-order chi connectivity index (χ0) is 38.8. The summed E-state index contributed by atoms with van der Waals surface area (Å²) in [4.78, 5) is 13.6. The maximum Gasteiger partial charge on any atom is 0.154 e. The van der Waals surface area contributed by atoms with Crippen LogP contribution in [0.2, 0.25) is 0 Å². The fourth-order valence-corrected chi connectivity index (χ4v) is 7.99. The molecule has 0 bridgehead atoms. The minimum atomic E-state index is 0. The maximum atomic E-state index is 9.96. The third kappa shape index (κ3) is 6.32. The predicted octanol–water partition coefficient (Wildman–Crippen LogP) is 13.2. The summed E-state index contributed by atoms with van der Waals surface area (Å²) in [6, 6.07) is 41.0. The van der Waals surface area contributed by atoms with Crippen molar-refractivity contribution in [2.75, 3.05) is 0 Å². The van der Waals surface area contributed by atoms with E-state index in [2.05, 4.69) is 130 Å². The van der Waals surface area contributed by atoms with Gasteiger partial charge in [-0.05, 0) is 100 Å². The van der Waals surface area contributed by atoms with Gasteiger partial charge in [-0.25, -0.2) is 4.98 Å². The van der Waals surface area contributed by atoms with Gasteiger partial charge >= 0.3 is 0 Å². The number of pyridine rings is 1. The molecular weight excluding hydrogens is 881 g/mol. The first-order valence-electron chi connectivity index (χ1n) is 19.1. The van der Waals surface area contributed by atoms with Gasteiger partial charge in [0.05, 0.1) is 23.4 Å². The van der Waals surface area contributed by atoms with Crippen LogP contribution in [0.25, 0.3) is 82.7 Å². The molecule has 4 aromatic heterocycles. The Morgan fingerprint density at radius 1 is 0.737 bits per heavy atom. The molecule has 0 aliphatic carbocycles. The Balaban J connectivity index is 0.00000455. The summed E-state index contributed by atoms with van der Waals surface area (Å²) in [5.74, 6) is 2.15. The van der Waals surface area contributed by atoms with E-state index in [1.807, 2.05) is 22.8 Å². The van der Waals surface area contributed by atoms with Crippen molar-refractivity contribution in [1.29, 1.82) is 5.26 Å². The van der Waals surface area contributed by atoms with E-state index < -0.39 is 0 Å². The summed E-state index contributed by atoms with van der Waals surface area (Å²) in [7, 11) is 0. The fourth-order valence-electron chi connectivity index (χ4n) is 7.99. The normalized spacial score (nSPS) is 11.6. The zero-order valence-corrected chi connectivity index (χ0v) is 34.9. The molecule has 0 unspecified atom stereocenters. The minimum absolute atomic E-state index is 0. The minimum Gasteiger partial charge on any atom is -0.454 e. The van der Waals surface area contributed by atoms with E-state index >= 15 is 0 Å². The number of fused-ring (bicyclic) bond motifs is 6. The van der Waals surface area contributed by atoms with Crippen molar-refractivity contribution in [2.45, 2.75) is 59.3 Å². The number of aromatic nitrogens is 4. The Hall–Kier alpha value is -6.31. The number of furan rings is 1. The van der Waals surface area contributed by atoms with Crippen LogP contribution >= 0.6 is 0 Å². The number of benzene rings is 5. The van der Waals surface area contributed by atoms with E-state index in [-0.39, 0.29) is 31.9 Å². The van der Waals surface area contributed by atoms with E-state index in [1.54, 1.807) is 24.4 Å². The molecule has 1 radical (unpaired) electrons. The molecule has 0 fully saturated rings. The molecule has 0 saturated heterocycles. The molecule has 281 valence electrons. The van der Waals surface area contributed by atoms with Crippen molar-refractivity contribution >= 4 is 49.6 Å². The molecule has 0 amide bonds. The van der Waals surface area contributed by atoms with Crippen molar-refractivity contribution in [1.82, 2.24) is 19.1 Å². The van der Waals surface area contributed by atoms with Crippen LogP contribution in [0, 0.1) is 24.0 Å². The van der Waals surface area contributed by atoms with Gasteiger partial charge in [-0.15, -0.1) is 23.8 Å². The Kier molecular flexibility index (Phi) is 9.66. The molecule has 0 aliphatic heterocycles. The summed E-state index contributed by atoms with van der Waals surface area (Å²) in [5, 5.41) is 13.3. The number of nitriles is 1. The van der Waals surface area contributed by atoms with Crippen LogP contribution in [-0.2, 0) is 20.1 Å². The molecule has 57 heavy (non-hydrogen) atoms. The number of imidazole rings is 1. The topological polar surface area (TPSA) is 76.9 Å². The molecule has 0 aliphatic rings. The molecular formula is C49H39IrN6O-. The molecule has 0 atom stereocenters. The van der Waals surface area contributed by atoms with Gasteiger partial charge in [0.15, 0.2) is 5.58 Å². The number of hydrogen-bond donors (Lipinski definition) is 0. The molecule has 9 rings (SSSR count). The number of nitrogens with zero attached hydrogens (tertiary/aromatic N) is 6. The van der Waals surface area contributed by atoms with Gasteiger partial charge < -0.3 is 8.98 Å². The van der Waals surface area contributed by atoms with Crippen LogP contribution in [0.15, 0.2) is 114 Å². The van der Waals surface area contributed by atoms with Crippen LogP contribution in [-0.4, -0.2) is 19.1 Å². The average molecular weight is 920 g/mol. The summed E-state index contributed by atoms with van der Waals surface area (Å²) in [6.07, 6.45) is 1.80. The standard InChI is InChI=1S/C49H39N6O.Ir/c1-28(2)31-15-17-43-40(22-31)37-13-8-9-14-42(37)55(43)46-20-19-45-47(53-46)41-23-32(16-18-44(41)56-45)34-24-38(29(3)4)48(39(25-34)30(5)6)54-27-36(26-50)52-49(54)33-11-10-12-35(21-33)51-7;/h8-10,12-25,27-30H,1-6H3;/q-1;. The van der Waals surface area contributed by atoms with E-state index in [0.717, 1.165) is 66.9 Å².